The fourth-order valence-electron chi connectivity index (χ4n) is 2.04. The number of hydrogen-bond acceptors (Lipinski definition) is 4. The highest BCUT2D eigenvalue weighted by Gasteiger charge is 2.29. The second-order valence-corrected chi connectivity index (χ2v) is 5.83. The van der Waals surface area contributed by atoms with E-state index in [1.165, 1.54) is 23.5 Å². The Hall–Kier alpha value is -1.17. The first kappa shape index (κ1) is 11.9. The highest BCUT2D eigenvalue weighted by Crippen LogP contribution is 2.41. The zero-order valence-corrected chi connectivity index (χ0v) is 10.8. The lowest BCUT2D eigenvalue weighted by Crippen LogP contribution is -2.24. The molecular weight excluding hydrogens is 275 g/mol. The van der Waals surface area contributed by atoms with Gasteiger partial charge < -0.3 is 10.5 Å². The van der Waals surface area contributed by atoms with E-state index in [0.29, 0.717) is 22.1 Å². The van der Waals surface area contributed by atoms with E-state index in [1.807, 2.05) is 0 Å². The van der Waals surface area contributed by atoms with E-state index in [0.717, 1.165) is 5.01 Å². The smallest absolute Gasteiger partial charge is 0.152 e. The number of fused-ring (bicyclic) bond motifs is 1. The van der Waals surface area contributed by atoms with Gasteiger partial charge in [-0.1, -0.05) is 11.6 Å². The van der Waals surface area contributed by atoms with Crippen LogP contribution in [0.3, 0.4) is 0 Å². The molecule has 6 heteroatoms. The maximum absolute atomic E-state index is 13.2. The molecule has 1 aromatic carbocycles. The van der Waals surface area contributed by atoms with Crippen molar-refractivity contribution < 1.29 is 9.13 Å². The van der Waals surface area contributed by atoms with E-state index in [1.54, 1.807) is 12.3 Å². The number of rotatable bonds is 1. The molecule has 2 atom stereocenters. The van der Waals surface area contributed by atoms with Crippen LogP contribution in [0.5, 0.6) is 5.75 Å². The van der Waals surface area contributed by atoms with Gasteiger partial charge in [-0.15, -0.1) is 11.3 Å². The Labute approximate surface area is 112 Å². The first-order chi connectivity index (χ1) is 8.63. The van der Waals surface area contributed by atoms with Gasteiger partial charge in [0.05, 0.1) is 6.20 Å². The summed E-state index contributed by atoms with van der Waals surface area (Å²) < 4.78 is 19.6. The lowest BCUT2D eigenvalue weighted by atomic mass is 9.97. The Bertz CT molecular complexity index is 589. The fourth-order valence-corrected chi connectivity index (χ4v) is 3.01. The largest absolute Gasteiger partial charge is 0.483 e. The number of nitrogens with two attached hydrogens (primary N) is 1. The second kappa shape index (κ2) is 4.50. The summed E-state index contributed by atoms with van der Waals surface area (Å²) in [6.07, 6.45) is 1.95. The van der Waals surface area contributed by atoms with Crippen molar-refractivity contribution in [3.05, 3.63) is 45.1 Å². The van der Waals surface area contributed by atoms with E-state index < -0.39 is 0 Å². The fraction of sp³-hybridized carbons (Fsp3) is 0.250. The molecule has 0 saturated heterocycles. The molecule has 18 heavy (non-hydrogen) atoms. The van der Waals surface area contributed by atoms with Gasteiger partial charge in [0.25, 0.3) is 0 Å². The van der Waals surface area contributed by atoms with Crippen molar-refractivity contribution in [2.24, 2.45) is 5.73 Å². The molecule has 3 nitrogen and oxygen atoms in total. The van der Waals surface area contributed by atoms with Gasteiger partial charge in [-0.3, -0.25) is 0 Å². The average Bonchev–Trinajstić information content (AvgIpc) is 2.77. The number of nitrogens with zero attached hydrogens (tertiary/aromatic N) is 1. The Kier molecular flexibility index (Phi) is 2.97. The molecule has 2 aromatic rings. The number of ether oxygens (including phenoxy) is 1. The molecule has 0 radical (unpaired) electrons. The van der Waals surface area contributed by atoms with Crippen LogP contribution in [0.1, 0.15) is 29.1 Å². The van der Waals surface area contributed by atoms with E-state index >= 15 is 0 Å². The molecule has 0 bridgehead atoms. The minimum atomic E-state index is -0.302. The molecule has 0 fully saturated rings. The van der Waals surface area contributed by atoms with Crippen molar-refractivity contribution >= 4 is 22.9 Å². The van der Waals surface area contributed by atoms with Gasteiger partial charge in [0, 0.05) is 18.0 Å². The van der Waals surface area contributed by atoms with Crippen LogP contribution in [-0.2, 0) is 0 Å². The molecule has 1 unspecified atom stereocenters. The van der Waals surface area contributed by atoms with Crippen molar-refractivity contribution in [3.63, 3.8) is 0 Å². The number of aromatic nitrogens is 1. The lowest BCUT2D eigenvalue weighted by molar-refractivity contribution is 0.160. The van der Waals surface area contributed by atoms with Crippen LogP contribution >= 0.6 is 22.9 Å². The normalized spacial score (nSPS) is 22.4. The van der Waals surface area contributed by atoms with E-state index in [-0.39, 0.29) is 18.0 Å². The molecule has 0 saturated carbocycles. The van der Waals surface area contributed by atoms with Gasteiger partial charge in [-0.25, -0.2) is 9.37 Å². The summed E-state index contributed by atoms with van der Waals surface area (Å²) in [5.41, 5.74) is 6.75. The van der Waals surface area contributed by atoms with E-state index in [9.17, 15) is 4.39 Å². The van der Waals surface area contributed by atoms with Crippen molar-refractivity contribution in [3.8, 4) is 5.75 Å². The molecule has 94 valence electrons. The third-order valence-electron chi connectivity index (χ3n) is 2.88. The number of halogens is 2. The third-order valence-corrected chi connectivity index (χ3v) is 4.09. The predicted octanol–water partition coefficient (Wildman–Crippen LogP) is 3.46. The molecular formula is C12H10ClFN2OS. The van der Waals surface area contributed by atoms with Crippen LogP contribution in [0.25, 0.3) is 0 Å². The first-order valence-corrected chi connectivity index (χ1v) is 6.66. The summed E-state index contributed by atoms with van der Waals surface area (Å²) in [4.78, 5) is 4.20. The minimum Gasteiger partial charge on any atom is -0.483 e. The van der Waals surface area contributed by atoms with Crippen LogP contribution in [-0.4, -0.2) is 4.98 Å². The van der Waals surface area contributed by atoms with Gasteiger partial charge in [-0.05, 0) is 18.2 Å². The summed E-state index contributed by atoms with van der Waals surface area (Å²) in [6, 6.07) is 4.14. The van der Waals surface area contributed by atoms with Crippen molar-refractivity contribution in [1.82, 2.24) is 4.98 Å². The molecule has 2 N–H and O–H groups in total. The van der Waals surface area contributed by atoms with Crippen LogP contribution in [0.2, 0.25) is 4.34 Å². The molecule has 0 aliphatic carbocycles. The quantitative estimate of drug-likeness (QED) is 0.872. The Balaban J connectivity index is 1.94. The summed E-state index contributed by atoms with van der Waals surface area (Å²) in [6.45, 7) is 0. The Morgan fingerprint density at radius 3 is 3.06 bits per heavy atom. The molecule has 0 spiro atoms. The van der Waals surface area contributed by atoms with Gasteiger partial charge in [0.2, 0.25) is 0 Å². The van der Waals surface area contributed by atoms with Gasteiger partial charge >= 0.3 is 0 Å². The molecule has 2 heterocycles. The molecule has 1 aliphatic rings. The summed E-state index contributed by atoms with van der Waals surface area (Å²) in [5, 5.41) is 0.797. The molecule has 0 amide bonds. The number of benzene rings is 1. The maximum atomic E-state index is 13.2. The average molecular weight is 285 g/mol. The van der Waals surface area contributed by atoms with Gasteiger partial charge in [0.15, 0.2) is 6.10 Å². The summed E-state index contributed by atoms with van der Waals surface area (Å²) in [7, 11) is 0. The Morgan fingerprint density at radius 2 is 2.33 bits per heavy atom. The van der Waals surface area contributed by atoms with Crippen LogP contribution in [0, 0.1) is 5.82 Å². The zero-order chi connectivity index (χ0) is 12.7. The second-order valence-electron chi connectivity index (χ2n) is 4.13. The van der Waals surface area contributed by atoms with Crippen LogP contribution in [0.4, 0.5) is 4.39 Å². The SMILES string of the molecule is N[C@@H]1CC(c2ncc(Cl)s2)Oc2ccc(F)cc21. The maximum Gasteiger partial charge on any atom is 0.152 e. The standard InChI is InChI=1S/C12H10ClFN2OS/c13-11-5-16-12(18-11)10-4-8(15)7-3-6(14)1-2-9(7)17-10/h1-3,5,8,10H,4,15H2/t8-,10?/m1/s1. The number of hydrogen-bond donors (Lipinski definition) is 1. The molecule has 1 aliphatic heterocycles. The van der Waals surface area contributed by atoms with Crippen LogP contribution < -0.4 is 10.5 Å². The predicted molar refractivity (Wildman–Crippen MR) is 68.4 cm³/mol. The molecule has 3 rings (SSSR count). The highest BCUT2D eigenvalue weighted by atomic mass is 35.5. The highest BCUT2D eigenvalue weighted by molar-refractivity contribution is 7.15. The minimum absolute atomic E-state index is 0.213. The summed E-state index contributed by atoms with van der Waals surface area (Å²) >= 11 is 7.23. The Morgan fingerprint density at radius 1 is 1.50 bits per heavy atom. The molecule has 1 aromatic heterocycles. The monoisotopic (exact) mass is 284 g/mol. The van der Waals surface area contributed by atoms with Crippen LogP contribution in [0.15, 0.2) is 24.4 Å². The first-order valence-electron chi connectivity index (χ1n) is 5.46. The van der Waals surface area contributed by atoms with Crippen molar-refractivity contribution in [2.75, 3.05) is 0 Å². The van der Waals surface area contributed by atoms with E-state index in [4.69, 9.17) is 22.1 Å². The van der Waals surface area contributed by atoms with Crippen molar-refractivity contribution in [1.29, 1.82) is 0 Å². The zero-order valence-electron chi connectivity index (χ0n) is 9.27. The van der Waals surface area contributed by atoms with E-state index in [2.05, 4.69) is 4.98 Å². The van der Waals surface area contributed by atoms with Gasteiger partial charge in [0.1, 0.15) is 20.9 Å². The van der Waals surface area contributed by atoms with Gasteiger partial charge in [-0.2, -0.15) is 0 Å². The summed E-state index contributed by atoms with van der Waals surface area (Å²) in [5.74, 6) is 0.315. The number of thiazole rings is 1. The lowest BCUT2D eigenvalue weighted by Gasteiger charge is -2.29. The topological polar surface area (TPSA) is 48.1 Å². The van der Waals surface area contributed by atoms with Crippen molar-refractivity contribution in [2.45, 2.75) is 18.6 Å². The third kappa shape index (κ3) is 2.09.